The van der Waals surface area contributed by atoms with E-state index in [1.165, 1.54) is 5.56 Å². The Bertz CT molecular complexity index is 1090. The number of amides is 1. The molecule has 1 aliphatic rings. The second kappa shape index (κ2) is 10.8. The van der Waals surface area contributed by atoms with Gasteiger partial charge in [0.05, 0.1) is 25.7 Å². The standard InChI is InChI=1S/C26H33N5O3/c1-18-9-11-21(12-10-18)25-28-24(34-29-25)17-30-13-15-31(16-14-30)20(3)26(32)27-19(2)22-7-5-6-8-23(22)33-4/h5-12,19-20H,13-17H2,1-4H3,(H,27,32). The number of aryl methyl sites for hydroxylation is 1. The summed E-state index contributed by atoms with van der Waals surface area (Å²) in [6.07, 6.45) is 0. The molecule has 3 aromatic rings. The number of hydrogen-bond acceptors (Lipinski definition) is 7. The molecule has 1 saturated heterocycles. The van der Waals surface area contributed by atoms with Gasteiger partial charge in [-0.25, -0.2) is 0 Å². The first-order valence-corrected chi connectivity index (χ1v) is 11.7. The van der Waals surface area contributed by atoms with Gasteiger partial charge in [0.2, 0.25) is 17.6 Å². The van der Waals surface area contributed by atoms with Crippen LogP contribution in [-0.4, -0.2) is 65.2 Å². The van der Waals surface area contributed by atoms with Gasteiger partial charge < -0.3 is 14.6 Å². The van der Waals surface area contributed by atoms with E-state index in [9.17, 15) is 4.79 Å². The van der Waals surface area contributed by atoms with Crippen LogP contribution in [0.15, 0.2) is 53.1 Å². The molecule has 180 valence electrons. The summed E-state index contributed by atoms with van der Waals surface area (Å²) in [4.78, 5) is 22.0. The third kappa shape index (κ3) is 5.63. The van der Waals surface area contributed by atoms with Gasteiger partial charge >= 0.3 is 0 Å². The van der Waals surface area contributed by atoms with Crippen molar-refractivity contribution in [2.24, 2.45) is 0 Å². The molecule has 1 N–H and O–H groups in total. The molecule has 2 unspecified atom stereocenters. The number of benzene rings is 2. The molecule has 2 aromatic carbocycles. The Morgan fingerprint density at radius 2 is 1.79 bits per heavy atom. The van der Waals surface area contributed by atoms with E-state index in [4.69, 9.17) is 9.26 Å². The Kier molecular flexibility index (Phi) is 7.59. The summed E-state index contributed by atoms with van der Waals surface area (Å²) in [7, 11) is 1.65. The van der Waals surface area contributed by atoms with E-state index in [2.05, 4.69) is 32.2 Å². The molecular formula is C26H33N5O3. The first-order valence-electron chi connectivity index (χ1n) is 11.7. The largest absolute Gasteiger partial charge is 0.496 e. The highest BCUT2D eigenvalue weighted by Crippen LogP contribution is 2.24. The van der Waals surface area contributed by atoms with Crippen molar-refractivity contribution in [3.05, 3.63) is 65.5 Å². The van der Waals surface area contributed by atoms with Crippen LogP contribution in [0.1, 0.15) is 36.9 Å². The molecule has 1 fully saturated rings. The summed E-state index contributed by atoms with van der Waals surface area (Å²) in [5.41, 5.74) is 3.12. The van der Waals surface area contributed by atoms with Gasteiger partial charge in [0, 0.05) is 37.3 Å². The van der Waals surface area contributed by atoms with Crippen LogP contribution < -0.4 is 10.1 Å². The molecule has 8 heteroatoms. The predicted molar refractivity (Wildman–Crippen MR) is 130 cm³/mol. The maximum Gasteiger partial charge on any atom is 0.241 e. The van der Waals surface area contributed by atoms with Gasteiger partial charge in [0.15, 0.2) is 0 Å². The number of carbonyl (C=O) groups is 1. The summed E-state index contributed by atoms with van der Waals surface area (Å²) < 4.78 is 10.9. The third-order valence-electron chi connectivity index (χ3n) is 6.43. The monoisotopic (exact) mass is 463 g/mol. The van der Waals surface area contributed by atoms with Crippen molar-refractivity contribution in [2.45, 2.75) is 39.4 Å². The van der Waals surface area contributed by atoms with E-state index in [1.807, 2.05) is 62.4 Å². The maximum atomic E-state index is 12.9. The maximum absolute atomic E-state index is 12.9. The number of piperazine rings is 1. The number of para-hydroxylation sites is 1. The lowest BCUT2D eigenvalue weighted by atomic mass is 10.1. The number of carbonyl (C=O) groups excluding carboxylic acids is 1. The summed E-state index contributed by atoms with van der Waals surface area (Å²) >= 11 is 0. The Morgan fingerprint density at radius 3 is 2.50 bits per heavy atom. The number of methoxy groups -OCH3 is 1. The zero-order valence-corrected chi connectivity index (χ0v) is 20.3. The van der Waals surface area contributed by atoms with Crippen LogP contribution in [0.3, 0.4) is 0 Å². The fourth-order valence-corrected chi connectivity index (χ4v) is 4.24. The van der Waals surface area contributed by atoms with Crippen molar-refractivity contribution in [1.82, 2.24) is 25.3 Å². The highest BCUT2D eigenvalue weighted by Gasteiger charge is 2.27. The number of aromatic nitrogens is 2. The van der Waals surface area contributed by atoms with Crippen LogP contribution in [0.2, 0.25) is 0 Å². The molecule has 4 rings (SSSR count). The predicted octanol–water partition coefficient (Wildman–Crippen LogP) is 3.44. The molecule has 0 aliphatic carbocycles. The normalized spacial score (nSPS) is 16.7. The lowest BCUT2D eigenvalue weighted by molar-refractivity contribution is -0.127. The van der Waals surface area contributed by atoms with Crippen molar-refractivity contribution < 1.29 is 14.1 Å². The lowest BCUT2D eigenvalue weighted by Gasteiger charge is -2.37. The van der Waals surface area contributed by atoms with Gasteiger partial charge in [0.25, 0.3) is 0 Å². The number of nitrogens with one attached hydrogen (secondary N) is 1. The summed E-state index contributed by atoms with van der Waals surface area (Å²) in [6.45, 7) is 9.88. The first-order chi connectivity index (χ1) is 16.4. The van der Waals surface area contributed by atoms with Gasteiger partial charge in [-0.2, -0.15) is 4.98 Å². The lowest BCUT2D eigenvalue weighted by Crippen LogP contribution is -2.53. The minimum absolute atomic E-state index is 0.0199. The second-order valence-electron chi connectivity index (χ2n) is 8.84. The van der Waals surface area contributed by atoms with E-state index in [0.29, 0.717) is 18.3 Å². The van der Waals surface area contributed by atoms with Crippen LogP contribution in [0.5, 0.6) is 5.75 Å². The zero-order chi connectivity index (χ0) is 24.1. The second-order valence-corrected chi connectivity index (χ2v) is 8.84. The molecule has 2 heterocycles. The Balaban J connectivity index is 1.27. The number of hydrogen-bond donors (Lipinski definition) is 1. The number of nitrogens with zero attached hydrogens (tertiary/aromatic N) is 4. The molecule has 34 heavy (non-hydrogen) atoms. The molecule has 1 aliphatic heterocycles. The number of ether oxygens (including phenoxy) is 1. The van der Waals surface area contributed by atoms with Crippen molar-refractivity contribution in [3.63, 3.8) is 0 Å². The van der Waals surface area contributed by atoms with Crippen LogP contribution in [0, 0.1) is 6.92 Å². The summed E-state index contributed by atoms with van der Waals surface area (Å²) in [5.74, 6) is 2.03. The van der Waals surface area contributed by atoms with Gasteiger partial charge in [0.1, 0.15) is 5.75 Å². The molecule has 8 nitrogen and oxygen atoms in total. The molecule has 2 atom stereocenters. The van der Waals surface area contributed by atoms with Gasteiger partial charge in [-0.1, -0.05) is 53.2 Å². The minimum atomic E-state index is -0.212. The van der Waals surface area contributed by atoms with E-state index in [1.54, 1.807) is 7.11 Å². The molecule has 1 amide bonds. The molecule has 0 radical (unpaired) electrons. The Labute approximate surface area is 200 Å². The molecule has 0 saturated carbocycles. The quantitative estimate of drug-likeness (QED) is 0.548. The molecule has 0 bridgehead atoms. The molecular weight excluding hydrogens is 430 g/mol. The average molecular weight is 464 g/mol. The Morgan fingerprint density at radius 1 is 1.09 bits per heavy atom. The molecule has 1 aromatic heterocycles. The average Bonchev–Trinajstić information content (AvgIpc) is 3.32. The number of rotatable bonds is 8. The van der Waals surface area contributed by atoms with Crippen molar-refractivity contribution in [3.8, 4) is 17.1 Å². The van der Waals surface area contributed by atoms with E-state index in [-0.39, 0.29) is 18.0 Å². The fraction of sp³-hybridized carbons (Fsp3) is 0.423. The first kappa shape index (κ1) is 23.9. The van der Waals surface area contributed by atoms with E-state index in [0.717, 1.165) is 43.1 Å². The Hall–Kier alpha value is -3.23. The highest BCUT2D eigenvalue weighted by molar-refractivity contribution is 5.81. The van der Waals surface area contributed by atoms with Gasteiger partial charge in [-0.05, 0) is 26.8 Å². The van der Waals surface area contributed by atoms with Crippen LogP contribution in [-0.2, 0) is 11.3 Å². The third-order valence-corrected chi connectivity index (χ3v) is 6.43. The van der Waals surface area contributed by atoms with Crippen LogP contribution in [0.25, 0.3) is 11.4 Å². The van der Waals surface area contributed by atoms with Crippen molar-refractivity contribution in [1.29, 1.82) is 0 Å². The fourth-order valence-electron chi connectivity index (χ4n) is 4.24. The SMILES string of the molecule is COc1ccccc1C(C)NC(=O)C(C)N1CCN(Cc2nc(-c3ccc(C)cc3)no2)CC1. The van der Waals surface area contributed by atoms with E-state index < -0.39 is 0 Å². The van der Waals surface area contributed by atoms with Gasteiger partial charge in [-0.15, -0.1) is 0 Å². The van der Waals surface area contributed by atoms with Crippen molar-refractivity contribution in [2.75, 3.05) is 33.3 Å². The topological polar surface area (TPSA) is 83.7 Å². The molecule has 0 spiro atoms. The smallest absolute Gasteiger partial charge is 0.241 e. The highest BCUT2D eigenvalue weighted by atomic mass is 16.5. The minimum Gasteiger partial charge on any atom is -0.496 e. The van der Waals surface area contributed by atoms with Crippen LogP contribution >= 0.6 is 0 Å². The van der Waals surface area contributed by atoms with E-state index >= 15 is 0 Å². The summed E-state index contributed by atoms with van der Waals surface area (Å²) in [6, 6.07) is 15.5. The van der Waals surface area contributed by atoms with Crippen LogP contribution in [0.4, 0.5) is 0 Å². The van der Waals surface area contributed by atoms with Gasteiger partial charge in [-0.3, -0.25) is 14.6 Å². The van der Waals surface area contributed by atoms with Crippen molar-refractivity contribution >= 4 is 5.91 Å². The zero-order valence-electron chi connectivity index (χ0n) is 20.3. The summed E-state index contributed by atoms with van der Waals surface area (Å²) in [5, 5.41) is 7.26.